The molecule has 5 rings (SSSR count). The molecular formula is C20H24N4O. The third-order valence-electron chi connectivity index (χ3n) is 5.80. The van der Waals surface area contributed by atoms with Crippen molar-refractivity contribution in [3.8, 4) is 5.69 Å². The van der Waals surface area contributed by atoms with Crippen molar-refractivity contribution in [2.45, 2.75) is 37.3 Å². The SMILES string of the molecule is O=C(CN1CCC2(CC1)Nc1ccccc1-n1cccc12)NC1CC1. The van der Waals surface area contributed by atoms with Gasteiger partial charge in [0.15, 0.2) is 0 Å². The molecule has 2 N–H and O–H groups in total. The Hall–Kier alpha value is -2.27. The molecule has 2 aliphatic heterocycles. The molecule has 1 saturated heterocycles. The summed E-state index contributed by atoms with van der Waals surface area (Å²) in [6.07, 6.45) is 6.49. The monoisotopic (exact) mass is 336 g/mol. The average Bonchev–Trinajstić information content (AvgIpc) is 3.28. The van der Waals surface area contributed by atoms with Crippen LogP contribution in [0.3, 0.4) is 0 Å². The number of nitrogens with zero attached hydrogens (tertiary/aromatic N) is 2. The van der Waals surface area contributed by atoms with Crippen LogP contribution in [-0.2, 0) is 10.3 Å². The van der Waals surface area contributed by atoms with E-state index >= 15 is 0 Å². The number of rotatable bonds is 3. The van der Waals surface area contributed by atoms with Crippen LogP contribution >= 0.6 is 0 Å². The van der Waals surface area contributed by atoms with Crippen LogP contribution in [-0.4, -0.2) is 41.1 Å². The molecule has 0 atom stereocenters. The van der Waals surface area contributed by atoms with Crippen LogP contribution in [0.2, 0.25) is 0 Å². The Labute approximate surface area is 148 Å². The maximum absolute atomic E-state index is 12.1. The van der Waals surface area contributed by atoms with Crippen LogP contribution in [0.1, 0.15) is 31.4 Å². The van der Waals surface area contributed by atoms with Crippen molar-refractivity contribution >= 4 is 11.6 Å². The van der Waals surface area contributed by atoms with Crippen molar-refractivity contribution in [2.75, 3.05) is 25.0 Å². The van der Waals surface area contributed by atoms with Crippen LogP contribution in [0.25, 0.3) is 5.69 Å². The second-order valence-electron chi connectivity index (χ2n) is 7.61. The molecule has 0 radical (unpaired) electrons. The minimum absolute atomic E-state index is 0.0265. The highest BCUT2D eigenvalue weighted by Gasteiger charge is 2.41. The summed E-state index contributed by atoms with van der Waals surface area (Å²) >= 11 is 0. The molecule has 5 heteroatoms. The van der Waals surface area contributed by atoms with Crippen LogP contribution < -0.4 is 10.6 Å². The number of likely N-dealkylation sites (tertiary alicyclic amines) is 1. The minimum Gasteiger partial charge on any atom is -0.372 e. The quantitative estimate of drug-likeness (QED) is 0.905. The lowest BCUT2D eigenvalue weighted by molar-refractivity contribution is -0.122. The Balaban J connectivity index is 1.33. The number of aromatic nitrogens is 1. The van der Waals surface area contributed by atoms with Crippen LogP contribution in [0.5, 0.6) is 0 Å². The Morgan fingerprint density at radius 1 is 1.16 bits per heavy atom. The number of carbonyl (C=O) groups excluding carboxylic acids is 1. The number of hydrogen-bond acceptors (Lipinski definition) is 3. The molecule has 0 unspecified atom stereocenters. The van der Waals surface area contributed by atoms with Crippen LogP contribution in [0.15, 0.2) is 42.6 Å². The fourth-order valence-corrected chi connectivity index (χ4v) is 4.27. The third kappa shape index (κ3) is 2.63. The van der Waals surface area contributed by atoms with Crippen molar-refractivity contribution < 1.29 is 4.79 Å². The van der Waals surface area contributed by atoms with Gasteiger partial charge in [0.2, 0.25) is 5.91 Å². The molecule has 2 fully saturated rings. The number of amides is 1. The van der Waals surface area contributed by atoms with Gasteiger partial charge in [-0.25, -0.2) is 0 Å². The number of hydrogen-bond donors (Lipinski definition) is 2. The molecule has 1 aromatic heterocycles. The van der Waals surface area contributed by atoms with E-state index in [1.807, 2.05) is 0 Å². The molecule has 1 aromatic carbocycles. The van der Waals surface area contributed by atoms with E-state index in [4.69, 9.17) is 0 Å². The van der Waals surface area contributed by atoms with E-state index < -0.39 is 0 Å². The summed E-state index contributed by atoms with van der Waals surface area (Å²) in [5.74, 6) is 0.184. The first-order valence-electron chi connectivity index (χ1n) is 9.31. The highest BCUT2D eigenvalue weighted by atomic mass is 16.2. The minimum atomic E-state index is -0.0265. The summed E-state index contributed by atoms with van der Waals surface area (Å²) < 4.78 is 2.32. The molecule has 2 aromatic rings. The van der Waals surface area contributed by atoms with Crippen molar-refractivity contribution in [3.63, 3.8) is 0 Å². The van der Waals surface area contributed by atoms with E-state index in [0.717, 1.165) is 38.8 Å². The summed E-state index contributed by atoms with van der Waals surface area (Å²) in [6, 6.07) is 13.3. The smallest absolute Gasteiger partial charge is 0.234 e. The molecule has 130 valence electrons. The fourth-order valence-electron chi connectivity index (χ4n) is 4.27. The Kier molecular flexibility index (Phi) is 3.38. The number of para-hydroxylation sites is 2. The normalized spacial score (nSPS) is 21.3. The van der Waals surface area contributed by atoms with Gasteiger partial charge >= 0.3 is 0 Å². The maximum Gasteiger partial charge on any atom is 0.234 e. The summed E-state index contributed by atoms with van der Waals surface area (Å²) in [5.41, 5.74) is 3.74. The van der Waals surface area contributed by atoms with Gasteiger partial charge < -0.3 is 15.2 Å². The summed E-state index contributed by atoms with van der Waals surface area (Å²) in [4.78, 5) is 14.4. The van der Waals surface area contributed by atoms with Crippen molar-refractivity contribution in [1.82, 2.24) is 14.8 Å². The van der Waals surface area contributed by atoms with Crippen molar-refractivity contribution in [3.05, 3.63) is 48.3 Å². The standard InChI is InChI=1S/C20H24N4O/c25-19(21-15-7-8-15)14-23-12-9-20(10-13-23)18-6-3-11-24(18)17-5-2-1-4-16(17)22-20/h1-6,11,15,22H,7-10,12-14H2,(H,21,25). The van der Waals surface area contributed by atoms with Gasteiger partial charge in [0.25, 0.3) is 0 Å². The van der Waals surface area contributed by atoms with E-state index in [1.165, 1.54) is 17.1 Å². The van der Waals surface area contributed by atoms with Gasteiger partial charge in [-0.3, -0.25) is 9.69 Å². The van der Waals surface area contributed by atoms with Gasteiger partial charge in [-0.15, -0.1) is 0 Å². The lowest BCUT2D eigenvalue weighted by Gasteiger charge is -2.46. The first-order valence-corrected chi connectivity index (χ1v) is 9.31. The second kappa shape index (κ2) is 5.63. The molecule has 25 heavy (non-hydrogen) atoms. The molecule has 0 bridgehead atoms. The highest BCUT2D eigenvalue weighted by molar-refractivity contribution is 5.78. The summed E-state index contributed by atoms with van der Waals surface area (Å²) in [6.45, 7) is 2.42. The fraction of sp³-hybridized carbons (Fsp3) is 0.450. The highest BCUT2D eigenvalue weighted by Crippen LogP contribution is 2.43. The van der Waals surface area contributed by atoms with Crippen molar-refractivity contribution in [1.29, 1.82) is 0 Å². The number of fused-ring (bicyclic) bond motifs is 4. The molecule has 1 spiro atoms. The lowest BCUT2D eigenvalue weighted by Crippen LogP contribution is -2.51. The van der Waals surface area contributed by atoms with Gasteiger partial charge in [0.1, 0.15) is 0 Å². The second-order valence-corrected chi connectivity index (χ2v) is 7.61. The Morgan fingerprint density at radius 2 is 1.96 bits per heavy atom. The number of nitrogens with one attached hydrogen (secondary N) is 2. The molecule has 1 saturated carbocycles. The number of benzene rings is 1. The van der Waals surface area contributed by atoms with Gasteiger partial charge in [0, 0.05) is 31.0 Å². The Morgan fingerprint density at radius 3 is 2.76 bits per heavy atom. The van der Waals surface area contributed by atoms with Crippen LogP contribution in [0, 0.1) is 0 Å². The summed E-state index contributed by atoms with van der Waals surface area (Å²) in [5, 5.41) is 6.92. The van der Waals surface area contributed by atoms with Gasteiger partial charge in [-0.1, -0.05) is 12.1 Å². The third-order valence-corrected chi connectivity index (χ3v) is 5.80. The Bertz CT molecular complexity index is 800. The van der Waals surface area contributed by atoms with E-state index in [9.17, 15) is 4.79 Å². The van der Waals surface area contributed by atoms with E-state index in [-0.39, 0.29) is 11.4 Å². The maximum atomic E-state index is 12.1. The van der Waals surface area contributed by atoms with Gasteiger partial charge in [-0.05, 0) is 49.9 Å². The molecule has 1 aliphatic carbocycles. The van der Waals surface area contributed by atoms with Crippen LogP contribution in [0.4, 0.5) is 5.69 Å². The first kappa shape index (κ1) is 15.0. The molecule has 1 amide bonds. The zero-order valence-electron chi connectivity index (χ0n) is 14.4. The predicted molar refractivity (Wildman–Crippen MR) is 97.9 cm³/mol. The molecule has 3 aliphatic rings. The zero-order chi connectivity index (χ0) is 16.9. The molecule has 3 heterocycles. The number of anilines is 1. The summed E-state index contributed by atoms with van der Waals surface area (Å²) in [7, 11) is 0. The number of piperidine rings is 1. The van der Waals surface area contributed by atoms with Crippen molar-refractivity contribution in [2.24, 2.45) is 0 Å². The number of carbonyl (C=O) groups is 1. The molecule has 5 nitrogen and oxygen atoms in total. The predicted octanol–water partition coefficient (Wildman–Crippen LogP) is 2.47. The molecular weight excluding hydrogens is 312 g/mol. The zero-order valence-corrected chi connectivity index (χ0v) is 14.4. The van der Waals surface area contributed by atoms with E-state index in [0.29, 0.717) is 12.6 Å². The van der Waals surface area contributed by atoms with Gasteiger partial charge in [0.05, 0.1) is 23.5 Å². The largest absolute Gasteiger partial charge is 0.372 e. The first-order chi connectivity index (χ1) is 12.2. The van der Waals surface area contributed by atoms with E-state index in [2.05, 4.69) is 62.7 Å². The van der Waals surface area contributed by atoms with E-state index in [1.54, 1.807) is 0 Å². The topological polar surface area (TPSA) is 49.3 Å². The van der Waals surface area contributed by atoms with Gasteiger partial charge in [-0.2, -0.15) is 0 Å². The average molecular weight is 336 g/mol. The lowest BCUT2D eigenvalue weighted by atomic mass is 9.82.